The molecule has 10 nitrogen and oxygen atoms in total. The van der Waals surface area contributed by atoms with Crippen LogP contribution in [0.4, 0.5) is 10.2 Å². The van der Waals surface area contributed by atoms with Crippen LogP contribution in [0.3, 0.4) is 0 Å². The van der Waals surface area contributed by atoms with E-state index in [4.69, 9.17) is 24.0 Å². The number of alkyl halides is 1. The first-order valence-corrected chi connectivity index (χ1v) is 15.7. The fourth-order valence-electron chi connectivity index (χ4n) is 7.07. The molecule has 1 spiro atoms. The third-order valence-electron chi connectivity index (χ3n) is 9.84. The zero-order chi connectivity index (χ0) is 29.4. The zero-order valence-electron chi connectivity index (χ0n) is 25.5. The number of piperazine rings is 1. The predicted molar refractivity (Wildman–Crippen MR) is 157 cm³/mol. The van der Waals surface area contributed by atoms with Gasteiger partial charge in [-0.15, -0.1) is 0 Å². The number of likely N-dealkylation sites (tertiary alicyclic amines) is 1. The summed E-state index contributed by atoms with van der Waals surface area (Å²) in [5.74, 6) is 2.15. The van der Waals surface area contributed by atoms with Crippen LogP contribution in [0.5, 0.6) is 5.88 Å². The van der Waals surface area contributed by atoms with Crippen molar-refractivity contribution in [1.29, 1.82) is 0 Å². The summed E-state index contributed by atoms with van der Waals surface area (Å²) in [6.45, 7) is 8.40. The highest BCUT2D eigenvalue weighted by molar-refractivity contribution is 5.86. The van der Waals surface area contributed by atoms with E-state index in [2.05, 4.69) is 28.9 Å². The maximum atomic E-state index is 14.2. The van der Waals surface area contributed by atoms with Gasteiger partial charge in [-0.1, -0.05) is 24.9 Å². The highest BCUT2D eigenvalue weighted by atomic mass is 19.1. The summed E-state index contributed by atoms with van der Waals surface area (Å²) in [6, 6.07) is 1.85. The van der Waals surface area contributed by atoms with Gasteiger partial charge in [0, 0.05) is 50.3 Å². The molecule has 6 rings (SSSR count). The van der Waals surface area contributed by atoms with E-state index in [1.54, 1.807) is 0 Å². The van der Waals surface area contributed by atoms with E-state index < -0.39 is 6.17 Å². The molecule has 0 bridgehead atoms. The van der Waals surface area contributed by atoms with Crippen molar-refractivity contribution in [2.45, 2.75) is 95.0 Å². The topological polar surface area (TPSA) is 97.1 Å². The van der Waals surface area contributed by atoms with E-state index in [1.165, 1.54) is 0 Å². The van der Waals surface area contributed by atoms with Gasteiger partial charge < -0.3 is 18.9 Å². The lowest BCUT2D eigenvalue weighted by Crippen LogP contribution is -2.70. The molecule has 4 fully saturated rings. The Morgan fingerprint density at radius 1 is 1.21 bits per heavy atom. The van der Waals surface area contributed by atoms with Crippen LogP contribution >= 0.6 is 0 Å². The van der Waals surface area contributed by atoms with E-state index in [9.17, 15) is 9.18 Å². The molecule has 3 saturated heterocycles. The van der Waals surface area contributed by atoms with E-state index >= 15 is 0 Å². The van der Waals surface area contributed by atoms with Gasteiger partial charge in [-0.2, -0.15) is 4.98 Å². The summed E-state index contributed by atoms with van der Waals surface area (Å²) in [5, 5.41) is 4.49. The molecule has 11 heteroatoms. The molecule has 5 heterocycles. The molecule has 1 saturated carbocycles. The van der Waals surface area contributed by atoms with Gasteiger partial charge in [-0.25, -0.2) is 9.37 Å². The highest BCUT2D eigenvalue weighted by Gasteiger charge is 2.46. The maximum absolute atomic E-state index is 14.2. The van der Waals surface area contributed by atoms with Crippen molar-refractivity contribution in [3.63, 3.8) is 0 Å². The Hall–Kier alpha value is -2.63. The Balaban J connectivity index is 1.37. The Labute approximate surface area is 247 Å². The lowest BCUT2D eigenvalue weighted by Gasteiger charge is -2.54. The zero-order valence-corrected chi connectivity index (χ0v) is 25.5. The lowest BCUT2D eigenvalue weighted by molar-refractivity contribution is -0.134. The molecule has 0 unspecified atom stereocenters. The van der Waals surface area contributed by atoms with E-state index in [0.717, 1.165) is 75.2 Å². The first-order chi connectivity index (χ1) is 20.3. The summed E-state index contributed by atoms with van der Waals surface area (Å²) in [5.41, 5.74) is 1.65. The Bertz CT molecular complexity index is 1270. The smallest absolute Gasteiger partial charge is 0.219 e. The fourth-order valence-corrected chi connectivity index (χ4v) is 7.07. The lowest BCUT2D eigenvalue weighted by atomic mass is 9.83. The number of Topliss-reactive ketones (excluding diaryl/α,β-unsaturated/α-hetero) is 1. The summed E-state index contributed by atoms with van der Waals surface area (Å²) in [7, 11) is 4.09. The number of ether oxygens (including phenoxy) is 2. The molecule has 0 amide bonds. The molecule has 2 aromatic heterocycles. The summed E-state index contributed by atoms with van der Waals surface area (Å²) in [4.78, 5) is 29.5. The van der Waals surface area contributed by atoms with Crippen LogP contribution in [0.2, 0.25) is 0 Å². The first kappa shape index (κ1) is 29.4. The minimum absolute atomic E-state index is 0.0343. The molecule has 0 aromatic carbocycles. The number of carbonyl (C=O) groups is 1. The van der Waals surface area contributed by atoms with Crippen molar-refractivity contribution in [3.8, 4) is 17.5 Å². The SMILES string of the molecule is CCCCc1c([C@H]2CCCCC2=O)noc1-c1nc(O[C@@H](C)[C@@H]2C[C@@H](F)CN2C)cc(N2CCN(C)C3(COC3)C2)n1. The number of likely N-dealkylation sites (N-methyl/N-ethyl adjacent to an activating group) is 2. The summed E-state index contributed by atoms with van der Waals surface area (Å²) >= 11 is 0. The van der Waals surface area contributed by atoms with Gasteiger partial charge in [-0.3, -0.25) is 14.6 Å². The Morgan fingerprint density at radius 2 is 2.05 bits per heavy atom. The third kappa shape index (κ3) is 5.67. The standard InChI is InChI=1S/C31H45FN6O4/c1-5-6-9-23-28(22-10-7-8-11-25(22)39)35-42-29(23)30-33-26(38-13-12-37(4)31(17-38)18-40-19-31)15-27(34-30)41-20(2)24-14-21(32)16-36(24)3/h15,20-22,24H,5-14,16-19H2,1-4H3/t20-,21+,22-,24-/m0/s1. The van der Waals surface area contributed by atoms with Gasteiger partial charge >= 0.3 is 0 Å². The van der Waals surface area contributed by atoms with Gasteiger partial charge in [0.25, 0.3) is 0 Å². The van der Waals surface area contributed by atoms with Crippen molar-refractivity contribution in [1.82, 2.24) is 24.9 Å². The maximum Gasteiger partial charge on any atom is 0.219 e. The number of halogens is 1. The molecular weight excluding hydrogens is 539 g/mol. The van der Waals surface area contributed by atoms with E-state index in [0.29, 0.717) is 50.1 Å². The van der Waals surface area contributed by atoms with Gasteiger partial charge in [0.05, 0.1) is 30.4 Å². The largest absolute Gasteiger partial charge is 0.473 e. The monoisotopic (exact) mass is 584 g/mol. The van der Waals surface area contributed by atoms with Gasteiger partial charge in [-0.05, 0) is 53.1 Å². The minimum Gasteiger partial charge on any atom is -0.473 e. The van der Waals surface area contributed by atoms with Crippen molar-refractivity contribution in [2.75, 3.05) is 58.4 Å². The van der Waals surface area contributed by atoms with E-state index in [-0.39, 0.29) is 29.4 Å². The molecule has 4 atom stereocenters. The summed E-state index contributed by atoms with van der Waals surface area (Å²) in [6.07, 6.45) is 5.34. The highest BCUT2D eigenvalue weighted by Crippen LogP contribution is 2.38. The number of unbranched alkanes of at least 4 members (excludes halogenated alkanes) is 1. The second-order valence-electron chi connectivity index (χ2n) is 12.9. The number of hydrogen-bond donors (Lipinski definition) is 0. The molecular formula is C31H45FN6O4. The van der Waals surface area contributed by atoms with Crippen LogP contribution < -0.4 is 9.64 Å². The molecule has 42 heavy (non-hydrogen) atoms. The molecule has 0 radical (unpaired) electrons. The number of rotatable bonds is 9. The number of nitrogens with zero attached hydrogens (tertiary/aromatic N) is 6. The predicted octanol–water partition coefficient (Wildman–Crippen LogP) is 4.03. The van der Waals surface area contributed by atoms with Crippen LogP contribution in [0.15, 0.2) is 10.6 Å². The average molecular weight is 585 g/mol. The third-order valence-corrected chi connectivity index (χ3v) is 9.84. The Kier molecular flexibility index (Phi) is 8.53. The summed E-state index contributed by atoms with van der Waals surface area (Å²) < 4.78 is 32.3. The number of hydrogen-bond acceptors (Lipinski definition) is 10. The van der Waals surface area contributed by atoms with Crippen molar-refractivity contribution in [3.05, 3.63) is 17.3 Å². The number of ketones is 1. The van der Waals surface area contributed by atoms with Crippen LogP contribution in [0.1, 0.15) is 76.0 Å². The van der Waals surface area contributed by atoms with E-state index in [1.807, 2.05) is 24.9 Å². The number of aromatic nitrogens is 3. The normalized spacial score (nSPS) is 27.4. The average Bonchev–Trinajstić information content (AvgIpc) is 3.53. The second kappa shape index (κ2) is 12.2. The van der Waals surface area contributed by atoms with Gasteiger partial charge in [0.15, 0.2) is 0 Å². The molecule has 4 aliphatic rings. The van der Waals surface area contributed by atoms with Crippen molar-refractivity contribution in [2.24, 2.45) is 0 Å². The van der Waals surface area contributed by atoms with Crippen molar-refractivity contribution >= 4 is 11.6 Å². The number of carbonyl (C=O) groups excluding carboxylic acids is 1. The van der Waals surface area contributed by atoms with Crippen LogP contribution in [0, 0.1) is 0 Å². The number of anilines is 1. The Morgan fingerprint density at radius 3 is 2.74 bits per heavy atom. The van der Waals surface area contributed by atoms with Gasteiger partial charge in [0.1, 0.15) is 23.9 Å². The quantitative estimate of drug-likeness (QED) is 0.430. The van der Waals surface area contributed by atoms with Crippen molar-refractivity contribution < 1.29 is 23.2 Å². The van der Waals surface area contributed by atoms with Crippen LogP contribution in [-0.4, -0.2) is 108 Å². The fraction of sp³-hybridized carbons (Fsp3) is 0.742. The molecule has 2 aromatic rings. The van der Waals surface area contributed by atoms with Crippen LogP contribution in [-0.2, 0) is 16.0 Å². The molecule has 230 valence electrons. The molecule has 1 aliphatic carbocycles. The van der Waals surface area contributed by atoms with Gasteiger partial charge in [0.2, 0.25) is 17.5 Å². The first-order valence-electron chi connectivity index (χ1n) is 15.7. The molecule has 3 aliphatic heterocycles. The minimum atomic E-state index is -0.856. The van der Waals surface area contributed by atoms with Crippen LogP contribution in [0.25, 0.3) is 11.6 Å². The molecule has 0 N–H and O–H groups in total. The second-order valence-corrected chi connectivity index (χ2v) is 12.9.